The molecule has 0 unspecified atom stereocenters. The van der Waals surface area contributed by atoms with Crippen molar-refractivity contribution in [3.8, 4) is 22.3 Å². The van der Waals surface area contributed by atoms with Gasteiger partial charge in [-0.05, 0) is 46.5 Å². The lowest BCUT2D eigenvalue weighted by Crippen LogP contribution is -1.79. The number of hydrogen-bond donors (Lipinski definition) is 1. The van der Waals surface area contributed by atoms with E-state index >= 15 is 0 Å². The molecule has 1 N–H and O–H groups in total. The van der Waals surface area contributed by atoms with Gasteiger partial charge in [0, 0.05) is 26.3 Å². The average molecular weight is 398 g/mol. The molecule has 1 heterocycles. The van der Waals surface area contributed by atoms with Crippen molar-refractivity contribution in [1.82, 2.24) is 4.98 Å². The third-order valence-electron chi connectivity index (χ3n) is 4.86. The number of rotatable bonds is 2. The molecule has 0 saturated heterocycles. The van der Waals surface area contributed by atoms with E-state index in [-0.39, 0.29) is 0 Å². The SMILES string of the molecule is Brc1cc(-c2ccccc2)cc2[nH]c3ccc(-c4ccccc4)cc3c12. The molecule has 0 saturated carbocycles. The molecular weight excluding hydrogens is 382 g/mol. The van der Waals surface area contributed by atoms with Gasteiger partial charge in [0.25, 0.3) is 0 Å². The second-order valence-electron chi connectivity index (χ2n) is 6.50. The maximum absolute atomic E-state index is 3.81. The van der Waals surface area contributed by atoms with Crippen LogP contribution in [0.15, 0.2) is 95.5 Å². The lowest BCUT2D eigenvalue weighted by atomic mass is 10.0. The highest BCUT2D eigenvalue weighted by molar-refractivity contribution is 9.10. The summed E-state index contributed by atoms with van der Waals surface area (Å²) in [5, 5.41) is 2.48. The fourth-order valence-electron chi connectivity index (χ4n) is 3.59. The lowest BCUT2D eigenvalue weighted by Gasteiger charge is -2.05. The molecule has 5 rings (SSSR count). The Morgan fingerprint density at radius 3 is 1.88 bits per heavy atom. The second-order valence-corrected chi connectivity index (χ2v) is 7.35. The quantitative estimate of drug-likeness (QED) is 0.319. The smallest absolute Gasteiger partial charge is 0.0482 e. The molecule has 5 aromatic rings. The Bertz CT molecular complexity index is 1220. The maximum Gasteiger partial charge on any atom is 0.0482 e. The number of benzene rings is 4. The lowest BCUT2D eigenvalue weighted by molar-refractivity contribution is 1.53. The molecule has 0 fully saturated rings. The van der Waals surface area contributed by atoms with Gasteiger partial charge in [0.05, 0.1) is 0 Å². The van der Waals surface area contributed by atoms with E-state index < -0.39 is 0 Å². The van der Waals surface area contributed by atoms with Gasteiger partial charge < -0.3 is 4.98 Å². The van der Waals surface area contributed by atoms with E-state index in [1.807, 2.05) is 6.07 Å². The molecule has 0 radical (unpaired) electrons. The first-order valence-electron chi connectivity index (χ1n) is 8.65. The van der Waals surface area contributed by atoms with Crippen molar-refractivity contribution >= 4 is 37.7 Å². The molecule has 0 spiro atoms. The molecule has 0 atom stereocenters. The van der Waals surface area contributed by atoms with Crippen molar-refractivity contribution in [3.05, 3.63) is 95.5 Å². The zero-order valence-electron chi connectivity index (χ0n) is 14.0. The highest BCUT2D eigenvalue weighted by atomic mass is 79.9. The zero-order valence-corrected chi connectivity index (χ0v) is 15.6. The number of hydrogen-bond acceptors (Lipinski definition) is 0. The van der Waals surface area contributed by atoms with Crippen molar-refractivity contribution < 1.29 is 0 Å². The maximum atomic E-state index is 3.81. The molecule has 1 aromatic heterocycles. The zero-order chi connectivity index (χ0) is 17.5. The normalized spacial score (nSPS) is 11.3. The first kappa shape index (κ1) is 15.4. The third kappa shape index (κ3) is 2.54. The summed E-state index contributed by atoms with van der Waals surface area (Å²) < 4.78 is 1.12. The van der Waals surface area contributed by atoms with Crippen LogP contribution in [0.3, 0.4) is 0 Å². The summed E-state index contributed by atoms with van der Waals surface area (Å²) >= 11 is 3.81. The Morgan fingerprint density at radius 1 is 0.538 bits per heavy atom. The van der Waals surface area contributed by atoms with E-state index in [9.17, 15) is 0 Å². The molecule has 0 aliphatic heterocycles. The van der Waals surface area contributed by atoms with Crippen LogP contribution in [0.4, 0.5) is 0 Å². The largest absolute Gasteiger partial charge is 0.354 e. The molecule has 124 valence electrons. The monoisotopic (exact) mass is 397 g/mol. The van der Waals surface area contributed by atoms with Gasteiger partial charge >= 0.3 is 0 Å². The summed E-state index contributed by atoms with van der Waals surface area (Å²) in [6.45, 7) is 0. The minimum absolute atomic E-state index is 1.12. The first-order chi connectivity index (χ1) is 12.8. The number of halogens is 1. The second kappa shape index (κ2) is 6.15. The molecule has 0 aliphatic rings. The average Bonchev–Trinajstić information content (AvgIpc) is 3.07. The van der Waals surface area contributed by atoms with Crippen molar-refractivity contribution in [2.24, 2.45) is 0 Å². The fourth-order valence-corrected chi connectivity index (χ4v) is 4.27. The van der Waals surface area contributed by atoms with Crippen LogP contribution in [0, 0.1) is 0 Å². The van der Waals surface area contributed by atoms with Crippen LogP contribution in [0.1, 0.15) is 0 Å². The van der Waals surface area contributed by atoms with Crippen LogP contribution < -0.4 is 0 Å². The molecule has 1 nitrogen and oxygen atoms in total. The molecule has 0 amide bonds. The van der Waals surface area contributed by atoms with E-state index in [0.717, 1.165) is 15.5 Å². The summed E-state index contributed by atoms with van der Waals surface area (Å²) in [4.78, 5) is 3.58. The van der Waals surface area contributed by atoms with Crippen molar-refractivity contribution in [1.29, 1.82) is 0 Å². The number of H-pyrrole nitrogens is 1. The Hall–Kier alpha value is -2.84. The van der Waals surface area contributed by atoms with Crippen LogP contribution in [-0.2, 0) is 0 Å². The number of aromatic nitrogens is 1. The molecule has 4 aromatic carbocycles. The van der Waals surface area contributed by atoms with Crippen molar-refractivity contribution in [3.63, 3.8) is 0 Å². The third-order valence-corrected chi connectivity index (χ3v) is 5.49. The van der Waals surface area contributed by atoms with Gasteiger partial charge in [-0.15, -0.1) is 0 Å². The number of fused-ring (bicyclic) bond motifs is 3. The van der Waals surface area contributed by atoms with E-state index in [0.29, 0.717) is 0 Å². The van der Waals surface area contributed by atoms with Crippen molar-refractivity contribution in [2.75, 3.05) is 0 Å². The summed E-state index contributed by atoms with van der Waals surface area (Å²) in [5.41, 5.74) is 7.21. The summed E-state index contributed by atoms with van der Waals surface area (Å²) in [6.07, 6.45) is 0. The van der Waals surface area contributed by atoms with Gasteiger partial charge in [-0.3, -0.25) is 0 Å². The van der Waals surface area contributed by atoms with Gasteiger partial charge in [-0.1, -0.05) is 82.7 Å². The molecule has 0 bridgehead atoms. The Labute approximate surface area is 160 Å². The number of aromatic amines is 1. The van der Waals surface area contributed by atoms with Gasteiger partial charge in [0.1, 0.15) is 0 Å². The highest BCUT2D eigenvalue weighted by Crippen LogP contribution is 2.37. The standard InChI is InChI=1S/C24H16BrN/c25-21-14-19(17-9-5-2-6-10-17)15-23-24(21)20-13-18(11-12-22(20)26-23)16-7-3-1-4-8-16/h1-15,26H. The molecule has 0 aliphatic carbocycles. The van der Waals surface area contributed by atoms with Gasteiger partial charge in [-0.2, -0.15) is 0 Å². The van der Waals surface area contributed by atoms with E-state index in [1.54, 1.807) is 0 Å². The van der Waals surface area contributed by atoms with Crippen LogP contribution >= 0.6 is 15.9 Å². The topological polar surface area (TPSA) is 15.8 Å². The predicted octanol–water partition coefficient (Wildman–Crippen LogP) is 7.42. The minimum Gasteiger partial charge on any atom is -0.354 e. The molecular formula is C24H16BrN. The van der Waals surface area contributed by atoms with Gasteiger partial charge in [-0.25, -0.2) is 0 Å². The van der Waals surface area contributed by atoms with Crippen LogP contribution in [0.25, 0.3) is 44.1 Å². The Balaban J connectivity index is 1.74. The van der Waals surface area contributed by atoms with Crippen LogP contribution in [0.5, 0.6) is 0 Å². The van der Waals surface area contributed by atoms with Crippen LogP contribution in [0.2, 0.25) is 0 Å². The van der Waals surface area contributed by atoms with E-state index in [1.165, 1.54) is 33.0 Å². The summed E-state index contributed by atoms with van der Waals surface area (Å²) in [7, 11) is 0. The first-order valence-corrected chi connectivity index (χ1v) is 9.45. The molecule has 2 heteroatoms. The predicted molar refractivity (Wildman–Crippen MR) is 114 cm³/mol. The van der Waals surface area contributed by atoms with E-state index in [4.69, 9.17) is 0 Å². The van der Waals surface area contributed by atoms with Crippen LogP contribution in [-0.4, -0.2) is 4.98 Å². The van der Waals surface area contributed by atoms with Gasteiger partial charge in [0.2, 0.25) is 0 Å². The Kier molecular flexibility index (Phi) is 3.65. The summed E-state index contributed by atoms with van der Waals surface area (Å²) in [6, 6.07) is 32.1. The van der Waals surface area contributed by atoms with Gasteiger partial charge in [0.15, 0.2) is 0 Å². The fraction of sp³-hybridized carbons (Fsp3) is 0. The Morgan fingerprint density at radius 2 is 1.19 bits per heavy atom. The highest BCUT2D eigenvalue weighted by Gasteiger charge is 2.11. The summed E-state index contributed by atoms with van der Waals surface area (Å²) in [5.74, 6) is 0. The van der Waals surface area contributed by atoms with E-state index in [2.05, 4.69) is 106 Å². The minimum atomic E-state index is 1.12. The number of nitrogens with one attached hydrogen (secondary N) is 1. The molecule has 26 heavy (non-hydrogen) atoms. The van der Waals surface area contributed by atoms with Crippen molar-refractivity contribution in [2.45, 2.75) is 0 Å².